The predicted molar refractivity (Wildman–Crippen MR) is 130 cm³/mol. The Morgan fingerprint density at radius 2 is 1.79 bits per heavy atom. The van der Waals surface area contributed by atoms with E-state index >= 15 is 0 Å². The van der Waals surface area contributed by atoms with Crippen LogP contribution in [0.4, 0.5) is 0 Å². The number of carbonyl (C=O) groups is 1. The van der Waals surface area contributed by atoms with Crippen molar-refractivity contribution in [2.75, 3.05) is 13.4 Å². The van der Waals surface area contributed by atoms with Crippen molar-refractivity contribution in [1.82, 2.24) is 10.2 Å². The molecule has 10 heteroatoms. The van der Waals surface area contributed by atoms with E-state index in [1.165, 1.54) is 0 Å². The van der Waals surface area contributed by atoms with Crippen molar-refractivity contribution in [2.45, 2.75) is 45.0 Å². The number of hydrogen-bond acceptors (Lipinski definition) is 7. The molecule has 0 spiro atoms. The summed E-state index contributed by atoms with van der Waals surface area (Å²) in [6.45, 7) is 5.74. The van der Waals surface area contributed by atoms with Gasteiger partial charge in [0.25, 0.3) is 10.1 Å². The number of carboxylic acids is 1. The van der Waals surface area contributed by atoms with Crippen LogP contribution in [0.3, 0.4) is 0 Å². The van der Waals surface area contributed by atoms with Crippen molar-refractivity contribution in [1.29, 1.82) is 0 Å². The number of hydrogen-bond donors (Lipinski definition) is 2. The summed E-state index contributed by atoms with van der Waals surface area (Å²) in [5.74, 6) is -0.664. The third kappa shape index (κ3) is 4.87. The van der Waals surface area contributed by atoms with Crippen LogP contribution in [-0.2, 0) is 24.8 Å². The Bertz CT molecular complexity index is 1200. The molecule has 3 rings (SSSR count). The van der Waals surface area contributed by atoms with E-state index in [-0.39, 0.29) is 17.4 Å². The quantitative estimate of drug-likeness (QED) is 0.484. The second-order valence-corrected chi connectivity index (χ2v) is 10.3. The minimum absolute atomic E-state index is 0.148. The van der Waals surface area contributed by atoms with E-state index in [4.69, 9.17) is 20.5 Å². The van der Waals surface area contributed by atoms with Crippen LogP contribution in [0.5, 0.6) is 5.75 Å². The normalized spacial score (nSPS) is 19.3. The molecule has 184 valence electrons. The first-order chi connectivity index (χ1) is 15.9. The standard InChI is InChI=1S/C24H29ClN2O6S/c1-6-24(18-9-7-8-10-19(18)32-4)26-20(23(28)29)21(27(24)15(2)3)22(33-34(5,30)31)16-11-13-17(25)14-12-16/h7-15,22,26H,6H2,1-5H3,(H,28,29). The van der Waals surface area contributed by atoms with Crippen LogP contribution >= 0.6 is 11.6 Å². The van der Waals surface area contributed by atoms with Crippen LogP contribution in [0.25, 0.3) is 0 Å². The summed E-state index contributed by atoms with van der Waals surface area (Å²) in [5.41, 5.74) is 0.183. The van der Waals surface area contributed by atoms with E-state index in [0.717, 1.165) is 11.8 Å². The van der Waals surface area contributed by atoms with Gasteiger partial charge in [0.15, 0.2) is 0 Å². The van der Waals surface area contributed by atoms with Crippen LogP contribution in [0.2, 0.25) is 5.02 Å². The zero-order chi connectivity index (χ0) is 25.3. The minimum Gasteiger partial charge on any atom is -0.496 e. The third-order valence-electron chi connectivity index (χ3n) is 5.75. The molecule has 0 saturated carbocycles. The Labute approximate surface area is 205 Å². The lowest BCUT2D eigenvalue weighted by atomic mass is 9.92. The molecule has 0 saturated heterocycles. The zero-order valence-corrected chi connectivity index (χ0v) is 21.3. The van der Waals surface area contributed by atoms with E-state index in [2.05, 4.69) is 5.32 Å². The van der Waals surface area contributed by atoms with Crippen LogP contribution < -0.4 is 10.1 Å². The lowest BCUT2D eigenvalue weighted by molar-refractivity contribution is -0.133. The van der Waals surface area contributed by atoms with Crippen molar-refractivity contribution in [3.05, 3.63) is 76.1 Å². The minimum atomic E-state index is -3.98. The highest BCUT2D eigenvalue weighted by molar-refractivity contribution is 7.86. The van der Waals surface area contributed by atoms with E-state index in [9.17, 15) is 18.3 Å². The molecule has 8 nitrogen and oxygen atoms in total. The number of ether oxygens (including phenoxy) is 1. The molecular formula is C24H29ClN2O6S. The van der Waals surface area contributed by atoms with E-state index in [1.54, 1.807) is 37.4 Å². The van der Waals surface area contributed by atoms with Gasteiger partial charge in [-0.15, -0.1) is 0 Å². The van der Waals surface area contributed by atoms with Crippen LogP contribution in [-0.4, -0.2) is 43.8 Å². The third-order valence-corrected chi connectivity index (χ3v) is 6.54. The molecule has 0 radical (unpaired) electrons. The average Bonchev–Trinajstić information content (AvgIpc) is 3.14. The van der Waals surface area contributed by atoms with Crippen molar-refractivity contribution in [3.8, 4) is 5.75 Å². The summed E-state index contributed by atoms with van der Waals surface area (Å²) in [4.78, 5) is 14.4. The summed E-state index contributed by atoms with van der Waals surface area (Å²) in [7, 11) is -2.43. The number of methoxy groups -OCH3 is 1. The number of nitrogens with zero attached hydrogens (tertiary/aromatic N) is 1. The molecule has 34 heavy (non-hydrogen) atoms. The molecule has 0 bridgehead atoms. The first kappa shape index (κ1) is 25.9. The Kier molecular flexibility index (Phi) is 7.50. The molecule has 2 atom stereocenters. The Morgan fingerprint density at radius 1 is 1.18 bits per heavy atom. The molecule has 1 heterocycles. The van der Waals surface area contributed by atoms with Crippen LogP contribution in [0.1, 0.15) is 44.4 Å². The van der Waals surface area contributed by atoms with Gasteiger partial charge in [0, 0.05) is 16.6 Å². The SMILES string of the molecule is CCC1(c2ccccc2OC)NC(C(=O)O)=C(C(OS(C)(=O)=O)c2ccc(Cl)cc2)N1C(C)C. The van der Waals surface area contributed by atoms with Gasteiger partial charge in [-0.2, -0.15) is 8.42 Å². The van der Waals surface area contributed by atoms with Crippen molar-refractivity contribution in [3.63, 3.8) is 0 Å². The average molecular weight is 509 g/mol. The number of aliphatic carboxylic acids is 1. The molecular weight excluding hydrogens is 480 g/mol. The van der Waals surface area contributed by atoms with Gasteiger partial charge in [-0.3, -0.25) is 4.18 Å². The van der Waals surface area contributed by atoms with Crippen LogP contribution in [0, 0.1) is 0 Å². The van der Waals surface area contributed by atoms with Crippen molar-refractivity contribution >= 4 is 27.7 Å². The van der Waals surface area contributed by atoms with E-state index in [1.807, 2.05) is 43.9 Å². The lowest BCUT2D eigenvalue weighted by Gasteiger charge is -2.45. The van der Waals surface area contributed by atoms with Crippen molar-refractivity contribution < 1.29 is 27.2 Å². The fraction of sp³-hybridized carbons (Fsp3) is 0.375. The molecule has 2 aromatic carbocycles. The largest absolute Gasteiger partial charge is 0.496 e. The second kappa shape index (κ2) is 9.85. The van der Waals surface area contributed by atoms with Gasteiger partial charge in [0.05, 0.1) is 19.1 Å². The first-order valence-electron chi connectivity index (χ1n) is 10.8. The fourth-order valence-electron chi connectivity index (χ4n) is 4.50. The maximum Gasteiger partial charge on any atom is 0.353 e. The van der Waals surface area contributed by atoms with Gasteiger partial charge in [-0.25, -0.2) is 4.79 Å². The summed E-state index contributed by atoms with van der Waals surface area (Å²) >= 11 is 6.05. The van der Waals surface area contributed by atoms with E-state index < -0.39 is 27.9 Å². The summed E-state index contributed by atoms with van der Waals surface area (Å²) in [6.07, 6.45) is 0.154. The maximum absolute atomic E-state index is 12.5. The van der Waals surface area contributed by atoms with Gasteiger partial charge >= 0.3 is 5.97 Å². The number of halogens is 1. The number of rotatable bonds is 9. The molecule has 0 aliphatic carbocycles. The first-order valence-corrected chi connectivity index (χ1v) is 13.0. The van der Waals surface area contributed by atoms with Gasteiger partial charge in [-0.1, -0.05) is 48.9 Å². The number of benzene rings is 2. The smallest absolute Gasteiger partial charge is 0.353 e. The Hall–Kier alpha value is -2.75. The lowest BCUT2D eigenvalue weighted by Crippen LogP contribution is -2.53. The van der Waals surface area contributed by atoms with Crippen LogP contribution in [0.15, 0.2) is 59.9 Å². The highest BCUT2D eigenvalue weighted by Crippen LogP contribution is 2.48. The second-order valence-electron chi connectivity index (χ2n) is 8.30. The summed E-state index contributed by atoms with van der Waals surface area (Å²) in [5, 5.41) is 13.9. The molecule has 1 aliphatic heterocycles. The molecule has 1 aliphatic rings. The molecule has 0 aromatic heterocycles. The Morgan fingerprint density at radius 3 is 2.29 bits per heavy atom. The van der Waals surface area contributed by atoms with Gasteiger partial charge in [0.1, 0.15) is 23.2 Å². The number of para-hydroxylation sites is 1. The van der Waals surface area contributed by atoms with Gasteiger partial charge < -0.3 is 20.1 Å². The monoisotopic (exact) mass is 508 g/mol. The molecule has 2 N–H and O–H groups in total. The van der Waals surface area contributed by atoms with Gasteiger partial charge in [0.2, 0.25) is 0 Å². The maximum atomic E-state index is 12.5. The number of nitrogens with one attached hydrogen (secondary N) is 1. The van der Waals surface area contributed by atoms with Crippen molar-refractivity contribution in [2.24, 2.45) is 0 Å². The molecule has 2 aromatic rings. The highest BCUT2D eigenvalue weighted by Gasteiger charge is 2.52. The Balaban J connectivity index is 2.33. The molecule has 0 amide bonds. The fourth-order valence-corrected chi connectivity index (χ4v) is 5.18. The highest BCUT2D eigenvalue weighted by atomic mass is 35.5. The zero-order valence-electron chi connectivity index (χ0n) is 19.7. The van der Waals surface area contributed by atoms with Gasteiger partial charge in [-0.05, 0) is 44.0 Å². The number of carboxylic acid groups (broad SMARTS) is 1. The molecule has 2 unspecified atom stereocenters. The summed E-state index contributed by atoms with van der Waals surface area (Å²) in [6, 6.07) is 13.5. The summed E-state index contributed by atoms with van der Waals surface area (Å²) < 4.78 is 35.8. The predicted octanol–water partition coefficient (Wildman–Crippen LogP) is 4.24. The molecule has 0 fully saturated rings. The van der Waals surface area contributed by atoms with E-state index in [0.29, 0.717) is 22.8 Å². The topological polar surface area (TPSA) is 105 Å².